The largest absolute Gasteiger partial charge is 0.373 e. The van der Waals surface area contributed by atoms with E-state index >= 15 is 0 Å². The molecule has 0 N–H and O–H groups in total. The number of hydrogen-bond acceptors (Lipinski definition) is 3. The van der Waals surface area contributed by atoms with E-state index in [4.69, 9.17) is 4.74 Å². The topological polar surface area (TPSA) is 39.9 Å². The minimum Gasteiger partial charge on any atom is -0.373 e. The van der Waals surface area contributed by atoms with Gasteiger partial charge in [0.05, 0.1) is 0 Å². The molecule has 19 heavy (non-hydrogen) atoms. The Morgan fingerprint density at radius 2 is 1.95 bits per heavy atom. The fourth-order valence-electron chi connectivity index (χ4n) is 3.89. The molecule has 1 atom stereocenters. The third-order valence-corrected chi connectivity index (χ3v) is 4.99. The summed E-state index contributed by atoms with van der Waals surface area (Å²) >= 11 is 0. The molecule has 0 radical (unpaired) electrons. The van der Waals surface area contributed by atoms with Crippen molar-refractivity contribution in [3.05, 3.63) is 11.6 Å². The average molecular weight is 263 g/mol. The lowest BCUT2D eigenvalue weighted by atomic mass is 9.79. The normalized spacial score (nSPS) is 23.3. The van der Waals surface area contributed by atoms with E-state index in [1.54, 1.807) is 7.11 Å². The van der Waals surface area contributed by atoms with Crippen LogP contribution in [0.1, 0.15) is 69.6 Å². The van der Waals surface area contributed by atoms with Crippen molar-refractivity contribution >= 4 is 0 Å². The second-order valence-corrected chi connectivity index (χ2v) is 6.28. The van der Waals surface area contributed by atoms with E-state index in [2.05, 4.69) is 21.7 Å². The number of ether oxygens (including phenoxy) is 1. The number of hydrogen-bond donors (Lipinski definition) is 0. The summed E-state index contributed by atoms with van der Waals surface area (Å²) in [6.45, 7) is 3.26. The van der Waals surface area contributed by atoms with Gasteiger partial charge in [-0.15, -0.1) is 10.2 Å². The lowest BCUT2D eigenvalue weighted by molar-refractivity contribution is 0.0872. The van der Waals surface area contributed by atoms with E-state index in [9.17, 15) is 0 Å². The molecule has 1 unspecified atom stereocenters. The molecule has 0 aromatic carbocycles. The fourth-order valence-corrected chi connectivity index (χ4v) is 3.89. The fraction of sp³-hybridized carbons (Fsp3) is 0.867. The molecule has 4 heteroatoms. The van der Waals surface area contributed by atoms with Gasteiger partial charge >= 0.3 is 0 Å². The molecule has 1 fully saturated rings. The van der Waals surface area contributed by atoms with Crippen LogP contribution in [0.5, 0.6) is 0 Å². The number of fused-ring (bicyclic) bond motifs is 1. The molecular weight excluding hydrogens is 238 g/mol. The van der Waals surface area contributed by atoms with Crippen molar-refractivity contribution in [3.63, 3.8) is 0 Å². The summed E-state index contributed by atoms with van der Waals surface area (Å²) in [5.41, 5.74) is 0.475. The molecular formula is C15H25N3O. The SMILES string of the molecule is CCC(OC)c1nnc2n1CC1(CCCCCC1)C2. The van der Waals surface area contributed by atoms with Gasteiger partial charge in [-0.05, 0) is 24.7 Å². The summed E-state index contributed by atoms with van der Waals surface area (Å²) in [5.74, 6) is 2.23. The highest BCUT2D eigenvalue weighted by molar-refractivity contribution is 5.09. The van der Waals surface area contributed by atoms with Gasteiger partial charge in [-0.3, -0.25) is 0 Å². The summed E-state index contributed by atoms with van der Waals surface area (Å²) in [5, 5.41) is 8.80. The smallest absolute Gasteiger partial charge is 0.162 e. The van der Waals surface area contributed by atoms with Gasteiger partial charge in [-0.25, -0.2) is 0 Å². The lowest BCUT2D eigenvalue weighted by Crippen LogP contribution is -2.23. The maximum atomic E-state index is 5.55. The minimum absolute atomic E-state index is 0.0992. The van der Waals surface area contributed by atoms with E-state index in [1.165, 1.54) is 44.3 Å². The molecule has 2 heterocycles. The van der Waals surface area contributed by atoms with Gasteiger partial charge in [0.25, 0.3) is 0 Å². The molecule has 1 aromatic heterocycles. The van der Waals surface area contributed by atoms with Crippen LogP contribution in [0, 0.1) is 5.41 Å². The van der Waals surface area contributed by atoms with E-state index < -0.39 is 0 Å². The van der Waals surface area contributed by atoms with Gasteiger partial charge in [0.15, 0.2) is 5.82 Å². The minimum atomic E-state index is 0.0992. The van der Waals surface area contributed by atoms with Crippen LogP contribution < -0.4 is 0 Å². The number of rotatable bonds is 3. The van der Waals surface area contributed by atoms with Crippen molar-refractivity contribution in [2.75, 3.05) is 7.11 Å². The van der Waals surface area contributed by atoms with Crippen molar-refractivity contribution in [2.24, 2.45) is 5.41 Å². The average Bonchev–Trinajstić information content (AvgIpc) is 2.83. The third-order valence-electron chi connectivity index (χ3n) is 4.99. The van der Waals surface area contributed by atoms with Crippen molar-refractivity contribution in [2.45, 2.75) is 70.9 Å². The zero-order chi connectivity index (χ0) is 13.3. The quantitative estimate of drug-likeness (QED) is 0.840. The maximum absolute atomic E-state index is 5.55. The molecule has 1 aliphatic heterocycles. The second kappa shape index (κ2) is 5.23. The highest BCUT2D eigenvalue weighted by Crippen LogP contribution is 2.44. The number of aromatic nitrogens is 3. The van der Waals surface area contributed by atoms with Crippen LogP contribution in [0.25, 0.3) is 0 Å². The molecule has 0 saturated heterocycles. The lowest BCUT2D eigenvalue weighted by Gasteiger charge is -2.27. The molecule has 1 aromatic rings. The Kier molecular flexibility index (Phi) is 3.61. The first-order valence-corrected chi connectivity index (χ1v) is 7.73. The molecule has 0 amide bonds. The monoisotopic (exact) mass is 263 g/mol. The van der Waals surface area contributed by atoms with Crippen LogP contribution in [0.4, 0.5) is 0 Å². The van der Waals surface area contributed by atoms with E-state index in [0.717, 1.165) is 25.2 Å². The zero-order valence-electron chi connectivity index (χ0n) is 12.2. The Hall–Kier alpha value is -0.900. The van der Waals surface area contributed by atoms with Crippen LogP contribution in [0.2, 0.25) is 0 Å². The van der Waals surface area contributed by atoms with Gasteiger partial charge in [0, 0.05) is 20.1 Å². The van der Waals surface area contributed by atoms with Crippen molar-refractivity contribution in [1.29, 1.82) is 0 Å². The Balaban J connectivity index is 1.84. The first-order chi connectivity index (χ1) is 9.28. The molecule has 1 spiro atoms. The summed E-state index contributed by atoms with van der Waals surface area (Å²) in [6.07, 6.45) is 10.5. The molecule has 1 aliphatic carbocycles. The molecule has 3 rings (SSSR count). The molecule has 4 nitrogen and oxygen atoms in total. The predicted molar refractivity (Wildman–Crippen MR) is 73.9 cm³/mol. The van der Waals surface area contributed by atoms with E-state index in [0.29, 0.717) is 5.41 Å². The van der Waals surface area contributed by atoms with Crippen LogP contribution in [0.3, 0.4) is 0 Å². The molecule has 1 saturated carbocycles. The van der Waals surface area contributed by atoms with Crippen molar-refractivity contribution in [1.82, 2.24) is 14.8 Å². The van der Waals surface area contributed by atoms with Crippen molar-refractivity contribution in [3.8, 4) is 0 Å². The van der Waals surface area contributed by atoms with Crippen LogP contribution >= 0.6 is 0 Å². The highest BCUT2D eigenvalue weighted by atomic mass is 16.5. The Labute approximate surface area is 115 Å². The Bertz CT molecular complexity index is 429. The van der Waals surface area contributed by atoms with E-state index in [1.807, 2.05) is 0 Å². The van der Waals surface area contributed by atoms with Gasteiger partial charge in [-0.2, -0.15) is 0 Å². The predicted octanol–water partition coefficient (Wildman–Crippen LogP) is 3.27. The van der Waals surface area contributed by atoms with Crippen LogP contribution in [0.15, 0.2) is 0 Å². The van der Waals surface area contributed by atoms with Crippen LogP contribution in [-0.4, -0.2) is 21.9 Å². The van der Waals surface area contributed by atoms with Gasteiger partial charge in [0.2, 0.25) is 0 Å². The van der Waals surface area contributed by atoms with E-state index in [-0.39, 0.29) is 6.10 Å². The first kappa shape index (κ1) is 13.1. The Morgan fingerprint density at radius 3 is 2.58 bits per heavy atom. The first-order valence-electron chi connectivity index (χ1n) is 7.73. The standard InChI is InChI=1S/C15H25N3O/c1-3-12(19-2)14-17-16-13-10-15(11-18(13)14)8-6-4-5-7-9-15/h12H,3-11H2,1-2H3. The summed E-state index contributed by atoms with van der Waals surface area (Å²) < 4.78 is 7.90. The summed E-state index contributed by atoms with van der Waals surface area (Å²) in [4.78, 5) is 0. The molecule has 106 valence electrons. The third kappa shape index (κ3) is 2.31. The summed E-state index contributed by atoms with van der Waals surface area (Å²) in [6, 6.07) is 0. The molecule has 0 bridgehead atoms. The second-order valence-electron chi connectivity index (χ2n) is 6.28. The number of nitrogens with zero attached hydrogens (tertiary/aromatic N) is 3. The highest BCUT2D eigenvalue weighted by Gasteiger charge is 2.40. The Morgan fingerprint density at radius 1 is 1.21 bits per heavy atom. The van der Waals surface area contributed by atoms with Gasteiger partial charge in [0.1, 0.15) is 11.9 Å². The maximum Gasteiger partial charge on any atom is 0.162 e. The van der Waals surface area contributed by atoms with Gasteiger partial charge < -0.3 is 9.30 Å². The zero-order valence-corrected chi connectivity index (χ0v) is 12.2. The van der Waals surface area contributed by atoms with Crippen molar-refractivity contribution < 1.29 is 4.74 Å². The number of methoxy groups -OCH3 is 1. The van der Waals surface area contributed by atoms with Gasteiger partial charge in [-0.1, -0.05) is 32.6 Å². The summed E-state index contributed by atoms with van der Waals surface area (Å²) in [7, 11) is 1.77. The molecule has 2 aliphatic rings. The van der Waals surface area contributed by atoms with Crippen LogP contribution in [-0.2, 0) is 17.7 Å².